The minimum atomic E-state index is -0.119. The van der Waals surface area contributed by atoms with Gasteiger partial charge < -0.3 is 10.1 Å². The molecule has 0 aliphatic carbocycles. The summed E-state index contributed by atoms with van der Waals surface area (Å²) in [5, 5.41) is 3.29. The fourth-order valence-electron chi connectivity index (χ4n) is 1.03. The lowest BCUT2D eigenvalue weighted by Gasteiger charge is -2.23. The molecule has 15 heavy (non-hydrogen) atoms. The van der Waals surface area contributed by atoms with Crippen LogP contribution in [-0.2, 0) is 9.53 Å². The molecule has 0 radical (unpaired) electrons. The van der Waals surface area contributed by atoms with Gasteiger partial charge in [-0.25, -0.2) is 0 Å². The maximum Gasteiger partial charge on any atom is 0.309 e. The third kappa shape index (κ3) is 6.79. The number of carbonyl (C=O) groups excluding carboxylic acids is 1. The molecule has 0 aromatic heterocycles. The highest BCUT2D eigenvalue weighted by atomic mass is 32.2. The molecule has 0 amide bonds. The minimum absolute atomic E-state index is 0.0670. The molecule has 0 heterocycles. The Morgan fingerprint density at radius 1 is 1.53 bits per heavy atom. The number of carbonyl (C=O) groups is 1. The molecule has 4 heteroatoms. The van der Waals surface area contributed by atoms with E-state index >= 15 is 0 Å². The summed E-state index contributed by atoms with van der Waals surface area (Å²) in [6, 6.07) is 0. The molecule has 0 aliphatic heterocycles. The Labute approximate surface area is 97.3 Å². The molecular formula is C11H23NO2S. The fourth-order valence-corrected chi connectivity index (χ4v) is 1.28. The van der Waals surface area contributed by atoms with E-state index in [2.05, 4.69) is 25.4 Å². The van der Waals surface area contributed by atoms with Crippen LogP contribution >= 0.6 is 11.8 Å². The fraction of sp³-hybridized carbons (Fsp3) is 0.909. The molecule has 0 saturated heterocycles. The van der Waals surface area contributed by atoms with Crippen LogP contribution in [0.15, 0.2) is 0 Å². The van der Waals surface area contributed by atoms with Crippen molar-refractivity contribution < 1.29 is 9.53 Å². The van der Waals surface area contributed by atoms with Gasteiger partial charge in [-0.05, 0) is 27.0 Å². The summed E-state index contributed by atoms with van der Waals surface area (Å²) in [4.78, 5) is 11.3. The van der Waals surface area contributed by atoms with Crippen LogP contribution in [0.1, 0.15) is 27.7 Å². The zero-order valence-electron chi connectivity index (χ0n) is 10.4. The quantitative estimate of drug-likeness (QED) is 0.682. The minimum Gasteiger partial charge on any atom is -0.466 e. The van der Waals surface area contributed by atoms with Crippen molar-refractivity contribution >= 4 is 17.7 Å². The van der Waals surface area contributed by atoms with Crippen molar-refractivity contribution in [1.82, 2.24) is 5.32 Å². The van der Waals surface area contributed by atoms with Crippen LogP contribution in [0.4, 0.5) is 0 Å². The van der Waals surface area contributed by atoms with E-state index in [1.54, 1.807) is 0 Å². The number of thioether (sulfide) groups is 1. The Morgan fingerprint density at radius 3 is 2.60 bits per heavy atom. The molecule has 0 aliphatic rings. The van der Waals surface area contributed by atoms with Gasteiger partial charge in [0.15, 0.2) is 0 Å². The van der Waals surface area contributed by atoms with Gasteiger partial charge in [0.05, 0.1) is 12.5 Å². The molecule has 90 valence electrons. The van der Waals surface area contributed by atoms with E-state index in [9.17, 15) is 4.79 Å². The smallest absolute Gasteiger partial charge is 0.309 e. The van der Waals surface area contributed by atoms with Gasteiger partial charge >= 0.3 is 5.97 Å². The lowest BCUT2D eigenvalue weighted by molar-refractivity contribution is -0.147. The predicted molar refractivity (Wildman–Crippen MR) is 66.3 cm³/mol. The summed E-state index contributed by atoms with van der Waals surface area (Å²) in [6.07, 6.45) is 2.09. The summed E-state index contributed by atoms with van der Waals surface area (Å²) in [7, 11) is 0. The average Bonchev–Trinajstić information content (AvgIpc) is 2.18. The van der Waals surface area contributed by atoms with Crippen molar-refractivity contribution in [3.05, 3.63) is 0 Å². The summed E-state index contributed by atoms with van der Waals surface area (Å²) < 4.78 is 5.15. The molecule has 1 atom stereocenters. The second kappa shape index (κ2) is 7.12. The molecule has 0 fully saturated rings. The van der Waals surface area contributed by atoms with Crippen LogP contribution in [0.3, 0.4) is 0 Å². The first-order valence-corrected chi connectivity index (χ1v) is 6.58. The summed E-state index contributed by atoms with van der Waals surface area (Å²) >= 11 is 1.82. The second-order valence-electron chi connectivity index (χ2n) is 4.25. The van der Waals surface area contributed by atoms with E-state index in [-0.39, 0.29) is 16.6 Å². The van der Waals surface area contributed by atoms with Crippen molar-refractivity contribution in [1.29, 1.82) is 0 Å². The van der Waals surface area contributed by atoms with Crippen molar-refractivity contribution in [2.24, 2.45) is 5.92 Å². The number of hydrogen-bond donors (Lipinski definition) is 1. The summed E-state index contributed by atoms with van der Waals surface area (Å²) in [5.74, 6) is -0.186. The Hall–Kier alpha value is -0.220. The first kappa shape index (κ1) is 14.8. The van der Waals surface area contributed by atoms with Crippen LogP contribution in [0.2, 0.25) is 0 Å². The van der Waals surface area contributed by atoms with Gasteiger partial charge in [0.2, 0.25) is 0 Å². The van der Waals surface area contributed by atoms with Crippen LogP contribution in [-0.4, -0.2) is 36.7 Å². The highest BCUT2D eigenvalue weighted by molar-refractivity contribution is 7.99. The van der Waals surface area contributed by atoms with E-state index in [1.807, 2.05) is 25.6 Å². The lowest BCUT2D eigenvalue weighted by atomic mass is 10.1. The zero-order chi connectivity index (χ0) is 11.9. The molecular weight excluding hydrogens is 210 g/mol. The second-order valence-corrected chi connectivity index (χ2v) is 5.76. The Kier molecular flexibility index (Phi) is 7.02. The molecule has 1 N–H and O–H groups in total. The third-order valence-electron chi connectivity index (χ3n) is 2.24. The van der Waals surface area contributed by atoms with Crippen molar-refractivity contribution in [3.8, 4) is 0 Å². The van der Waals surface area contributed by atoms with E-state index < -0.39 is 0 Å². The highest BCUT2D eigenvalue weighted by Gasteiger charge is 2.18. The molecule has 0 bridgehead atoms. The van der Waals surface area contributed by atoms with Gasteiger partial charge in [0, 0.05) is 17.8 Å². The predicted octanol–water partition coefficient (Wildman–Crippen LogP) is 1.92. The number of hydrogen-bond acceptors (Lipinski definition) is 4. The largest absolute Gasteiger partial charge is 0.466 e. The zero-order valence-corrected chi connectivity index (χ0v) is 11.2. The Morgan fingerprint density at radius 2 is 2.13 bits per heavy atom. The number of rotatable bonds is 7. The van der Waals surface area contributed by atoms with Gasteiger partial charge in [-0.3, -0.25) is 4.79 Å². The summed E-state index contributed by atoms with van der Waals surface area (Å²) in [6.45, 7) is 10.1. The van der Waals surface area contributed by atoms with Gasteiger partial charge in [0.25, 0.3) is 0 Å². The molecule has 3 nitrogen and oxygen atoms in total. The molecule has 0 saturated carbocycles. The molecule has 0 aromatic carbocycles. The summed E-state index contributed by atoms with van der Waals surface area (Å²) in [5.41, 5.74) is 0. The maximum atomic E-state index is 11.3. The van der Waals surface area contributed by atoms with Crippen molar-refractivity contribution in [3.63, 3.8) is 0 Å². The first-order chi connectivity index (χ1) is 6.93. The lowest BCUT2D eigenvalue weighted by Crippen LogP contribution is -2.36. The van der Waals surface area contributed by atoms with Gasteiger partial charge in [0.1, 0.15) is 0 Å². The van der Waals surface area contributed by atoms with Crippen molar-refractivity contribution in [2.45, 2.75) is 32.4 Å². The normalized spacial score (nSPS) is 13.7. The third-order valence-corrected chi connectivity index (χ3v) is 3.49. The van der Waals surface area contributed by atoms with Gasteiger partial charge in [-0.2, -0.15) is 11.8 Å². The maximum absolute atomic E-state index is 11.3. The SMILES string of the molecule is CCOC(=O)C(C)CNCC(C)(C)SC. The first-order valence-electron chi connectivity index (χ1n) is 5.35. The molecule has 0 aromatic rings. The monoisotopic (exact) mass is 233 g/mol. The molecule has 0 rings (SSSR count). The number of esters is 1. The molecule has 0 spiro atoms. The highest BCUT2D eigenvalue weighted by Crippen LogP contribution is 2.19. The van der Waals surface area contributed by atoms with Crippen molar-refractivity contribution in [2.75, 3.05) is 26.0 Å². The van der Waals surface area contributed by atoms with Gasteiger partial charge in [-0.1, -0.05) is 6.92 Å². The van der Waals surface area contributed by atoms with E-state index in [1.165, 1.54) is 0 Å². The average molecular weight is 233 g/mol. The van der Waals surface area contributed by atoms with E-state index in [4.69, 9.17) is 4.74 Å². The molecule has 1 unspecified atom stereocenters. The van der Waals surface area contributed by atoms with E-state index in [0.29, 0.717) is 13.2 Å². The van der Waals surface area contributed by atoms with E-state index in [0.717, 1.165) is 6.54 Å². The van der Waals surface area contributed by atoms with Gasteiger partial charge in [-0.15, -0.1) is 0 Å². The van der Waals surface area contributed by atoms with Crippen LogP contribution in [0.5, 0.6) is 0 Å². The number of nitrogens with one attached hydrogen (secondary N) is 1. The Balaban J connectivity index is 3.72. The number of ether oxygens (including phenoxy) is 1. The van der Waals surface area contributed by atoms with Crippen LogP contribution in [0, 0.1) is 5.92 Å². The Bertz CT molecular complexity index is 195. The van der Waals surface area contributed by atoms with Crippen LogP contribution < -0.4 is 5.32 Å². The standard InChI is InChI=1S/C11H23NO2S/c1-6-14-10(13)9(2)7-12-8-11(3,4)15-5/h9,12H,6-8H2,1-5H3. The van der Waals surface area contributed by atoms with Crippen LogP contribution in [0.25, 0.3) is 0 Å². The topological polar surface area (TPSA) is 38.3 Å².